The van der Waals surface area contributed by atoms with Gasteiger partial charge in [-0.1, -0.05) is 22.0 Å². The molecule has 0 aliphatic carbocycles. The molecule has 98 valence electrons. The average Bonchev–Trinajstić information content (AvgIpc) is 2.39. The molecule has 0 heterocycles. The summed E-state index contributed by atoms with van der Waals surface area (Å²) in [5.74, 6) is -0.0430. The van der Waals surface area contributed by atoms with Gasteiger partial charge >= 0.3 is 0 Å². The molecule has 1 amide bonds. The van der Waals surface area contributed by atoms with E-state index in [1.54, 1.807) is 12.1 Å². The first-order valence-corrected chi connectivity index (χ1v) is 6.36. The second kappa shape index (κ2) is 6.33. The Balaban J connectivity index is 1.86. The first-order chi connectivity index (χ1) is 9.13. The van der Waals surface area contributed by atoms with Gasteiger partial charge in [-0.15, -0.1) is 0 Å². The van der Waals surface area contributed by atoms with E-state index in [4.69, 9.17) is 4.74 Å². The van der Waals surface area contributed by atoms with Crippen molar-refractivity contribution >= 4 is 27.5 Å². The van der Waals surface area contributed by atoms with Crippen LogP contribution in [0.3, 0.4) is 0 Å². The van der Waals surface area contributed by atoms with E-state index in [9.17, 15) is 9.18 Å². The van der Waals surface area contributed by atoms with E-state index in [-0.39, 0.29) is 18.3 Å². The van der Waals surface area contributed by atoms with Crippen LogP contribution < -0.4 is 10.1 Å². The van der Waals surface area contributed by atoms with Crippen LogP contribution in [-0.4, -0.2) is 12.5 Å². The minimum atomic E-state index is -0.344. The van der Waals surface area contributed by atoms with E-state index in [0.717, 1.165) is 4.47 Å². The number of carbonyl (C=O) groups excluding carboxylic acids is 1. The Bertz CT molecular complexity index is 572. The molecular formula is C14H11BrFNO2. The Morgan fingerprint density at radius 2 is 1.95 bits per heavy atom. The minimum Gasteiger partial charge on any atom is -0.484 e. The number of anilines is 1. The highest BCUT2D eigenvalue weighted by molar-refractivity contribution is 9.10. The summed E-state index contributed by atoms with van der Waals surface area (Å²) in [5.41, 5.74) is 0.532. The van der Waals surface area contributed by atoms with Crippen LogP contribution in [0.15, 0.2) is 53.0 Å². The maximum absolute atomic E-state index is 12.7. The van der Waals surface area contributed by atoms with E-state index < -0.39 is 0 Å². The summed E-state index contributed by atoms with van der Waals surface area (Å²) in [6.45, 7) is -0.103. The zero-order valence-electron chi connectivity index (χ0n) is 9.90. The van der Waals surface area contributed by atoms with Gasteiger partial charge in [-0.25, -0.2) is 4.39 Å². The predicted octanol–water partition coefficient (Wildman–Crippen LogP) is 3.61. The molecule has 0 saturated heterocycles. The molecule has 0 aliphatic rings. The highest BCUT2D eigenvalue weighted by Gasteiger charge is 2.04. The second-order valence-corrected chi connectivity index (χ2v) is 4.72. The molecular weight excluding hydrogens is 313 g/mol. The molecule has 19 heavy (non-hydrogen) atoms. The number of nitrogens with one attached hydrogen (secondary N) is 1. The van der Waals surface area contributed by atoms with Gasteiger partial charge in [0.1, 0.15) is 11.6 Å². The highest BCUT2D eigenvalue weighted by atomic mass is 79.9. The number of halogens is 2. The summed E-state index contributed by atoms with van der Waals surface area (Å²) in [6.07, 6.45) is 0. The molecule has 3 nitrogen and oxygen atoms in total. The van der Waals surface area contributed by atoms with E-state index in [1.165, 1.54) is 24.3 Å². The zero-order chi connectivity index (χ0) is 13.7. The highest BCUT2D eigenvalue weighted by Crippen LogP contribution is 2.17. The van der Waals surface area contributed by atoms with Crippen LogP contribution in [0.1, 0.15) is 0 Å². The van der Waals surface area contributed by atoms with Gasteiger partial charge in [0.05, 0.1) is 0 Å². The van der Waals surface area contributed by atoms with E-state index in [0.29, 0.717) is 11.4 Å². The standard InChI is InChI=1S/C14H11BrFNO2/c15-10-2-1-3-13(8-10)19-9-14(18)17-12-6-4-11(16)5-7-12/h1-8H,9H2,(H,17,18). The number of rotatable bonds is 4. The Labute approximate surface area is 118 Å². The fourth-order valence-corrected chi connectivity index (χ4v) is 1.81. The fourth-order valence-electron chi connectivity index (χ4n) is 1.44. The molecule has 0 aliphatic heterocycles. The quantitative estimate of drug-likeness (QED) is 0.933. The molecule has 2 rings (SSSR count). The summed E-state index contributed by atoms with van der Waals surface area (Å²) in [6, 6.07) is 12.8. The third-order valence-corrected chi connectivity index (χ3v) is 2.79. The Morgan fingerprint density at radius 1 is 1.21 bits per heavy atom. The lowest BCUT2D eigenvalue weighted by Gasteiger charge is -2.07. The molecule has 0 aromatic heterocycles. The van der Waals surface area contributed by atoms with Gasteiger partial charge < -0.3 is 10.1 Å². The smallest absolute Gasteiger partial charge is 0.262 e. The summed E-state index contributed by atoms with van der Waals surface area (Å²) >= 11 is 3.31. The molecule has 2 aromatic carbocycles. The summed E-state index contributed by atoms with van der Waals surface area (Å²) in [5, 5.41) is 2.61. The number of benzene rings is 2. The predicted molar refractivity (Wildman–Crippen MR) is 74.7 cm³/mol. The zero-order valence-corrected chi connectivity index (χ0v) is 11.5. The van der Waals surface area contributed by atoms with Gasteiger partial charge in [-0.05, 0) is 42.5 Å². The molecule has 0 atom stereocenters. The van der Waals surface area contributed by atoms with Crippen LogP contribution >= 0.6 is 15.9 Å². The van der Waals surface area contributed by atoms with Crippen LogP contribution in [0.4, 0.5) is 10.1 Å². The van der Waals surface area contributed by atoms with Gasteiger partial charge in [0.15, 0.2) is 6.61 Å². The lowest BCUT2D eigenvalue weighted by molar-refractivity contribution is -0.118. The third kappa shape index (κ3) is 4.37. The van der Waals surface area contributed by atoms with Gasteiger partial charge in [0.2, 0.25) is 0 Å². The van der Waals surface area contributed by atoms with Crippen molar-refractivity contribution in [1.82, 2.24) is 0 Å². The Kier molecular flexibility index (Phi) is 4.52. The van der Waals surface area contributed by atoms with Crippen molar-refractivity contribution in [1.29, 1.82) is 0 Å². The Morgan fingerprint density at radius 3 is 2.63 bits per heavy atom. The van der Waals surface area contributed by atoms with E-state index in [2.05, 4.69) is 21.2 Å². The molecule has 0 radical (unpaired) electrons. The van der Waals surface area contributed by atoms with Gasteiger partial charge in [-0.2, -0.15) is 0 Å². The summed E-state index contributed by atoms with van der Waals surface area (Å²) in [7, 11) is 0. The summed E-state index contributed by atoms with van der Waals surface area (Å²) < 4.78 is 18.9. The first kappa shape index (κ1) is 13.5. The van der Waals surface area contributed by atoms with Crippen molar-refractivity contribution in [3.63, 3.8) is 0 Å². The largest absolute Gasteiger partial charge is 0.484 e. The minimum absolute atomic E-state index is 0.103. The van der Waals surface area contributed by atoms with Crippen molar-refractivity contribution in [2.45, 2.75) is 0 Å². The van der Waals surface area contributed by atoms with Crippen LogP contribution in [0.25, 0.3) is 0 Å². The average molecular weight is 324 g/mol. The van der Waals surface area contributed by atoms with Crippen molar-refractivity contribution in [3.8, 4) is 5.75 Å². The molecule has 0 spiro atoms. The van der Waals surface area contributed by atoms with Crippen molar-refractivity contribution < 1.29 is 13.9 Å². The topological polar surface area (TPSA) is 38.3 Å². The van der Waals surface area contributed by atoms with E-state index >= 15 is 0 Å². The SMILES string of the molecule is O=C(COc1cccc(Br)c1)Nc1ccc(F)cc1. The van der Waals surface area contributed by atoms with Gasteiger partial charge in [0.25, 0.3) is 5.91 Å². The van der Waals surface area contributed by atoms with Crippen LogP contribution in [0.2, 0.25) is 0 Å². The fraction of sp³-hybridized carbons (Fsp3) is 0.0714. The van der Waals surface area contributed by atoms with E-state index in [1.807, 2.05) is 12.1 Å². The Hall–Kier alpha value is -1.88. The summed E-state index contributed by atoms with van der Waals surface area (Å²) in [4.78, 5) is 11.6. The molecule has 2 aromatic rings. The first-order valence-electron chi connectivity index (χ1n) is 5.57. The molecule has 5 heteroatoms. The lowest BCUT2D eigenvalue weighted by Crippen LogP contribution is -2.20. The molecule has 0 unspecified atom stereocenters. The third-order valence-electron chi connectivity index (χ3n) is 2.29. The number of carbonyl (C=O) groups is 1. The maximum Gasteiger partial charge on any atom is 0.262 e. The van der Waals surface area contributed by atoms with Crippen molar-refractivity contribution in [2.75, 3.05) is 11.9 Å². The van der Waals surface area contributed by atoms with Gasteiger partial charge in [-0.3, -0.25) is 4.79 Å². The number of ether oxygens (including phenoxy) is 1. The maximum atomic E-state index is 12.7. The molecule has 0 fully saturated rings. The molecule has 0 saturated carbocycles. The van der Waals surface area contributed by atoms with Crippen LogP contribution in [0, 0.1) is 5.82 Å². The van der Waals surface area contributed by atoms with Crippen molar-refractivity contribution in [3.05, 3.63) is 58.8 Å². The molecule has 1 N–H and O–H groups in total. The van der Waals surface area contributed by atoms with Crippen molar-refractivity contribution in [2.24, 2.45) is 0 Å². The molecule has 0 bridgehead atoms. The normalized spacial score (nSPS) is 10.0. The number of amides is 1. The monoisotopic (exact) mass is 323 g/mol. The second-order valence-electron chi connectivity index (χ2n) is 3.80. The van der Waals surface area contributed by atoms with Crippen LogP contribution in [0.5, 0.6) is 5.75 Å². The van der Waals surface area contributed by atoms with Gasteiger partial charge in [0, 0.05) is 10.2 Å². The van der Waals surface area contributed by atoms with Crippen LogP contribution in [-0.2, 0) is 4.79 Å². The number of hydrogen-bond donors (Lipinski definition) is 1. The number of hydrogen-bond acceptors (Lipinski definition) is 2. The lowest BCUT2D eigenvalue weighted by atomic mass is 10.3.